The van der Waals surface area contributed by atoms with Gasteiger partial charge in [-0.3, -0.25) is 14.9 Å². The van der Waals surface area contributed by atoms with E-state index in [1.54, 1.807) is 18.4 Å². The molecule has 1 aromatic carbocycles. The predicted molar refractivity (Wildman–Crippen MR) is 124 cm³/mol. The Kier molecular flexibility index (Phi) is 7.45. The Hall–Kier alpha value is -2.83. The highest BCUT2D eigenvalue weighted by Crippen LogP contribution is 2.34. The maximum absolute atomic E-state index is 12.5. The highest BCUT2D eigenvalue weighted by atomic mass is 16.6. The largest absolute Gasteiger partial charge is 0.469 e. The van der Waals surface area contributed by atoms with Crippen LogP contribution in [-0.4, -0.2) is 30.0 Å². The summed E-state index contributed by atoms with van der Waals surface area (Å²) >= 11 is 0. The van der Waals surface area contributed by atoms with Crippen LogP contribution in [0.1, 0.15) is 57.1 Å². The smallest absolute Gasteiger partial charge is 0.269 e. The summed E-state index contributed by atoms with van der Waals surface area (Å²) in [7, 11) is 0. The van der Waals surface area contributed by atoms with E-state index >= 15 is 0 Å². The first-order chi connectivity index (χ1) is 15.6. The molecular formula is C25H33N3O4. The molecular weight excluding hydrogens is 406 g/mol. The third-order valence-corrected chi connectivity index (χ3v) is 7.01. The molecule has 32 heavy (non-hydrogen) atoms. The topological polar surface area (TPSA) is 88.6 Å². The van der Waals surface area contributed by atoms with Crippen LogP contribution in [0.2, 0.25) is 0 Å². The molecule has 172 valence electrons. The molecule has 1 saturated carbocycles. The summed E-state index contributed by atoms with van der Waals surface area (Å²) in [6, 6.07) is 10.9. The summed E-state index contributed by atoms with van der Waals surface area (Å²) in [5.41, 5.74) is 1.20. The maximum Gasteiger partial charge on any atom is 0.269 e. The molecule has 2 aromatic rings. The number of furan rings is 1. The molecule has 1 saturated heterocycles. The Morgan fingerprint density at radius 3 is 2.69 bits per heavy atom. The number of amides is 1. The van der Waals surface area contributed by atoms with E-state index in [0.717, 1.165) is 43.8 Å². The first-order valence-corrected chi connectivity index (χ1v) is 11.9. The number of carbonyl (C=O) groups excluding carboxylic acids is 1. The molecule has 7 nitrogen and oxygen atoms in total. The van der Waals surface area contributed by atoms with Gasteiger partial charge in [-0.2, -0.15) is 0 Å². The molecule has 1 amide bonds. The number of nitro benzene ring substituents is 1. The van der Waals surface area contributed by atoms with Gasteiger partial charge in [0.25, 0.3) is 5.69 Å². The Balaban J connectivity index is 1.30. The first kappa shape index (κ1) is 22.4. The number of anilines is 1. The lowest BCUT2D eigenvalue weighted by molar-refractivity contribution is -0.384. The lowest BCUT2D eigenvalue weighted by Gasteiger charge is -2.39. The number of aryl methyl sites for hydroxylation is 1. The minimum atomic E-state index is -0.352. The average Bonchev–Trinajstić information content (AvgIpc) is 3.33. The fraction of sp³-hybridized carbons (Fsp3) is 0.560. The Morgan fingerprint density at radius 2 is 1.94 bits per heavy atom. The standard InChI is InChI=1S/C25H33N3O4/c29-25(14-13-23-7-4-16-32-23)26-24-8-2-1-6-20(24)17-19-5-3-15-27(18-19)21-9-11-22(12-10-21)28(30)31/h4,7,9-12,16,19-20,24H,1-3,5-6,8,13-15,17-18H2,(H,26,29)/t19?,20-,24+/m0/s1. The number of piperidine rings is 1. The number of rotatable bonds is 8. The summed E-state index contributed by atoms with van der Waals surface area (Å²) in [6.45, 7) is 1.97. The van der Waals surface area contributed by atoms with Crippen LogP contribution in [0.5, 0.6) is 0 Å². The zero-order valence-corrected chi connectivity index (χ0v) is 18.6. The Bertz CT molecular complexity index is 881. The highest BCUT2D eigenvalue weighted by Gasteiger charge is 2.30. The van der Waals surface area contributed by atoms with Gasteiger partial charge < -0.3 is 14.6 Å². The van der Waals surface area contributed by atoms with Crippen molar-refractivity contribution in [2.75, 3.05) is 18.0 Å². The van der Waals surface area contributed by atoms with Crippen LogP contribution in [0.4, 0.5) is 11.4 Å². The quantitative estimate of drug-likeness (QED) is 0.456. The molecule has 2 aliphatic rings. The number of benzene rings is 1. The van der Waals surface area contributed by atoms with Gasteiger partial charge in [0.2, 0.25) is 5.91 Å². The summed E-state index contributed by atoms with van der Waals surface area (Å²) in [5.74, 6) is 2.09. The number of nitrogens with zero attached hydrogens (tertiary/aromatic N) is 2. The lowest BCUT2D eigenvalue weighted by Crippen LogP contribution is -2.44. The average molecular weight is 440 g/mol. The van der Waals surface area contributed by atoms with Crippen molar-refractivity contribution in [3.05, 3.63) is 58.5 Å². The molecule has 2 fully saturated rings. The van der Waals surface area contributed by atoms with Crippen LogP contribution in [-0.2, 0) is 11.2 Å². The van der Waals surface area contributed by atoms with Crippen molar-refractivity contribution < 1.29 is 14.1 Å². The molecule has 1 aliphatic heterocycles. The summed E-state index contributed by atoms with van der Waals surface area (Å²) in [6.07, 6.45) is 10.9. The minimum absolute atomic E-state index is 0.120. The monoisotopic (exact) mass is 439 g/mol. The van der Waals surface area contributed by atoms with E-state index in [4.69, 9.17) is 4.42 Å². The van der Waals surface area contributed by atoms with Crippen LogP contribution < -0.4 is 10.2 Å². The van der Waals surface area contributed by atoms with E-state index < -0.39 is 0 Å². The van der Waals surface area contributed by atoms with Crippen molar-refractivity contribution in [3.8, 4) is 0 Å². The number of carbonyl (C=O) groups is 1. The number of hydrogen-bond donors (Lipinski definition) is 1. The molecule has 0 bridgehead atoms. The molecule has 7 heteroatoms. The van der Waals surface area contributed by atoms with Gasteiger partial charge in [-0.05, 0) is 68.2 Å². The van der Waals surface area contributed by atoms with Crippen molar-refractivity contribution in [2.24, 2.45) is 11.8 Å². The summed E-state index contributed by atoms with van der Waals surface area (Å²) < 4.78 is 5.34. The number of hydrogen-bond acceptors (Lipinski definition) is 5. The number of nitro groups is 1. The van der Waals surface area contributed by atoms with Crippen LogP contribution in [0.3, 0.4) is 0 Å². The molecule has 1 aromatic heterocycles. The van der Waals surface area contributed by atoms with Crippen molar-refractivity contribution in [2.45, 2.75) is 63.8 Å². The van der Waals surface area contributed by atoms with Gasteiger partial charge in [0.05, 0.1) is 11.2 Å². The molecule has 0 spiro atoms. The van der Waals surface area contributed by atoms with Crippen molar-refractivity contribution in [3.63, 3.8) is 0 Å². The molecule has 0 radical (unpaired) electrons. The fourth-order valence-corrected chi connectivity index (χ4v) is 5.36. The van der Waals surface area contributed by atoms with Gasteiger partial charge in [-0.1, -0.05) is 12.8 Å². The maximum atomic E-state index is 12.5. The number of nitrogens with one attached hydrogen (secondary N) is 1. The second kappa shape index (κ2) is 10.7. The SMILES string of the molecule is O=C(CCc1ccco1)N[C@@H]1CCCC[C@H]1CC1CCCN(c2ccc([N+](=O)[O-])cc2)C1. The summed E-state index contributed by atoms with van der Waals surface area (Å²) in [4.78, 5) is 25.5. The van der Waals surface area contributed by atoms with E-state index in [1.165, 1.54) is 25.7 Å². The van der Waals surface area contributed by atoms with Gasteiger partial charge >= 0.3 is 0 Å². The van der Waals surface area contributed by atoms with Crippen LogP contribution in [0.15, 0.2) is 47.1 Å². The predicted octanol–water partition coefficient (Wildman–Crippen LogP) is 5.10. The second-order valence-corrected chi connectivity index (χ2v) is 9.26. The fourth-order valence-electron chi connectivity index (χ4n) is 5.36. The van der Waals surface area contributed by atoms with Crippen molar-refractivity contribution in [1.29, 1.82) is 0 Å². The van der Waals surface area contributed by atoms with Gasteiger partial charge in [-0.15, -0.1) is 0 Å². The molecule has 3 atom stereocenters. The Labute approximate surface area is 189 Å². The number of non-ortho nitro benzene ring substituents is 1. The van der Waals surface area contributed by atoms with Gasteiger partial charge in [-0.25, -0.2) is 0 Å². The third-order valence-electron chi connectivity index (χ3n) is 7.01. The Morgan fingerprint density at radius 1 is 1.12 bits per heavy atom. The van der Waals surface area contributed by atoms with E-state index in [1.807, 2.05) is 24.3 Å². The normalized spacial score (nSPS) is 23.6. The van der Waals surface area contributed by atoms with Crippen LogP contribution >= 0.6 is 0 Å². The van der Waals surface area contributed by atoms with Crippen molar-refractivity contribution >= 4 is 17.3 Å². The van der Waals surface area contributed by atoms with Gasteiger partial charge in [0.1, 0.15) is 5.76 Å². The molecule has 1 unspecified atom stereocenters. The van der Waals surface area contributed by atoms with Crippen LogP contribution in [0.25, 0.3) is 0 Å². The first-order valence-electron chi connectivity index (χ1n) is 11.9. The van der Waals surface area contributed by atoms with Gasteiger partial charge in [0, 0.05) is 49.8 Å². The van der Waals surface area contributed by atoms with E-state index in [9.17, 15) is 14.9 Å². The zero-order valence-electron chi connectivity index (χ0n) is 18.6. The highest BCUT2D eigenvalue weighted by molar-refractivity contribution is 5.76. The molecule has 2 heterocycles. The second-order valence-electron chi connectivity index (χ2n) is 9.26. The zero-order chi connectivity index (χ0) is 22.3. The van der Waals surface area contributed by atoms with E-state index in [-0.39, 0.29) is 22.6 Å². The summed E-state index contributed by atoms with van der Waals surface area (Å²) in [5, 5.41) is 14.2. The third kappa shape index (κ3) is 5.90. The lowest BCUT2D eigenvalue weighted by atomic mass is 9.77. The minimum Gasteiger partial charge on any atom is -0.469 e. The van der Waals surface area contributed by atoms with Crippen molar-refractivity contribution in [1.82, 2.24) is 5.32 Å². The van der Waals surface area contributed by atoms with E-state index in [0.29, 0.717) is 24.7 Å². The molecule has 4 rings (SSSR count). The van der Waals surface area contributed by atoms with E-state index in [2.05, 4.69) is 10.2 Å². The van der Waals surface area contributed by atoms with Gasteiger partial charge in [0.15, 0.2) is 0 Å². The molecule has 1 aliphatic carbocycles. The van der Waals surface area contributed by atoms with Crippen LogP contribution in [0, 0.1) is 22.0 Å². The molecule has 1 N–H and O–H groups in total.